The Balaban J connectivity index is 1.44. The Labute approximate surface area is 171 Å². The predicted octanol–water partition coefficient (Wildman–Crippen LogP) is 1.56. The molecule has 0 bridgehead atoms. The zero-order valence-electron chi connectivity index (χ0n) is 15.8. The van der Waals surface area contributed by atoms with Crippen LogP contribution in [0, 0.1) is 10.1 Å². The van der Waals surface area contributed by atoms with Crippen LogP contribution in [0.1, 0.15) is 12.0 Å². The summed E-state index contributed by atoms with van der Waals surface area (Å²) < 4.78 is 11.0. The van der Waals surface area contributed by atoms with Gasteiger partial charge in [-0.1, -0.05) is 24.3 Å². The minimum atomic E-state index is -1.22. The van der Waals surface area contributed by atoms with E-state index in [1.165, 1.54) is 24.3 Å². The monoisotopic (exact) mass is 413 g/mol. The van der Waals surface area contributed by atoms with Gasteiger partial charge in [-0.05, 0) is 12.1 Å². The molecule has 1 fully saturated rings. The van der Waals surface area contributed by atoms with Crippen LogP contribution in [0.3, 0.4) is 0 Å². The summed E-state index contributed by atoms with van der Waals surface area (Å²) in [6.07, 6.45) is -0.894. The van der Waals surface area contributed by atoms with Gasteiger partial charge in [0, 0.05) is 18.1 Å². The molecular weight excluding hydrogens is 394 g/mol. The van der Waals surface area contributed by atoms with Gasteiger partial charge in [0.2, 0.25) is 0 Å². The molecule has 2 aromatic carbocycles. The molecule has 2 N–H and O–H groups in total. The number of aliphatic hydroxyl groups is 1. The number of amides is 3. The number of carbonyl (C=O) groups is 2. The summed E-state index contributed by atoms with van der Waals surface area (Å²) in [5.74, 6) is 0.279. The fourth-order valence-electron chi connectivity index (χ4n) is 3.68. The number of ether oxygens (including phenoxy) is 2. The van der Waals surface area contributed by atoms with Crippen LogP contribution in [0.4, 0.5) is 10.5 Å². The number of nitro benzene ring substituents is 1. The Hall–Kier alpha value is -3.66. The second kappa shape index (κ2) is 7.64. The molecular formula is C20H19N3O7. The zero-order chi connectivity index (χ0) is 21.3. The molecule has 2 unspecified atom stereocenters. The highest BCUT2D eigenvalue weighted by Crippen LogP contribution is 2.40. The minimum absolute atomic E-state index is 0.142. The number of β-amino-alcohol motifs (C(OH)–C–C–N with tert-alkyl or cyclic N) is 1. The first-order valence-corrected chi connectivity index (χ1v) is 9.32. The van der Waals surface area contributed by atoms with Crippen LogP contribution in [0.2, 0.25) is 0 Å². The molecule has 10 nitrogen and oxygen atoms in total. The first kappa shape index (κ1) is 19.6. The summed E-state index contributed by atoms with van der Waals surface area (Å²) in [5, 5.41) is 23.9. The van der Waals surface area contributed by atoms with Crippen LogP contribution in [0.15, 0.2) is 48.5 Å². The standard InChI is InChI=1S/C20H19N3O7/c24-14(12-30-15-5-3-4-13(10-15)23(27)28)11-22-18(25)20(21-19(22)26)8-9-29-17-7-2-1-6-16(17)20/h1-7,10,14,24H,8-9,11-12H2,(H,21,26). The van der Waals surface area contributed by atoms with Crippen LogP contribution in [0.25, 0.3) is 0 Å². The summed E-state index contributed by atoms with van der Waals surface area (Å²) >= 11 is 0. The van der Waals surface area contributed by atoms with E-state index in [0.29, 0.717) is 11.3 Å². The summed E-state index contributed by atoms with van der Waals surface area (Å²) in [7, 11) is 0. The molecule has 0 aliphatic carbocycles. The average Bonchev–Trinajstić information content (AvgIpc) is 2.97. The lowest BCUT2D eigenvalue weighted by Crippen LogP contribution is -2.48. The number of aliphatic hydroxyl groups excluding tert-OH is 1. The van der Waals surface area contributed by atoms with E-state index < -0.39 is 28.5 Å². The van der Waals surface area contributed by atoms with Crippen molar-refractivity contribution < 1.29 is 29.1 Å². The van der Waals surface area contributed by atoms with Gasteiger partial charge in [0.15, 0.2) is 5.54 Å². The second-order valence-corrected chi connectivity index (χ2v) is 7.07. The van der Waals surface area contributed by atoms with Gasteiger partial charge in [0.25, 0.3) is 11.6 Å². The number of fused-ring (bicyclic) bond motifs is 2. The largest absolute Gasteiger partial charge is 0.493 e. The number of hydrogen-bond acceptors (Lipinski definition) is 7. The molecule has 4 rings (SSSR count). The quantitative estimate of drug-likeness (QED) is 0.417. The Bertz CT molecular complexity index is 1010. The lowest BCUT2D eigenvalue weighted by Gasteiger charge is -2.33. The van der Waals surface area contributed by atoms with Crippen LogP contribution >= 0.6 is 0 Å². The maximum atomic E-state index is 13.1. The molecule has 10 heteroatoms. The number of nitro groups is 1. The van der Waals surface area contributed by atoms with E-state index in [4.69, 9.17) is 9.47 Å². The summed E-state index contributed by atoms with van der Waals surface area (Å²) in [4.78, 5) is 36.9. The summed E-state index contributed by atoms with van der Waals surface area (Å²) in [6, 6.07) is 11.9. The van der Waals surface area contributed by atoms with Gasteiger partial charge in [0.05, 0.1) is 24.1 Å². The zero-order valence-corrected chi connectivity index (χ0v) is 15.8. The number of para-hydroxylation sites is 1. The Morgan fingerprint density at radius 3 is 2.87 bits per heavy atom. The molecule has 0 radical (unpaired) electrons. The fraction of sp³-hybridized carbons (Fsp3) is 0.300. The molecule has 2 aromatic rings. The lowest BCUT2D eigenvalue weighted by molar-refractivity contribution is -0.384. The molecule has 0 aromatic heterocycles. The molecule has 1 spiro atoms. The molecule has 3 amide bonds. The van der Waals surface area contributed by atoms with Crippen LogP contribution in [0.5, 0.6) is 11.5 Å². The fourth-order valence-corrected chi connectivity index (χ4v) is 3.68. The van der Waals surface area contributed by atoms with Crippen LogP contribution in [-0.4, -0.2) is 52.7 Å². The Kier molecular flexibility index (Phi) is 5.00. The second-order valence-electron chi connectivity index (χ2n) is 7.07. The van der Waals surface area contributed by atoms with E-state index in [1.54, 1.807) is 24.3 Å². The van der Waals surface area contributed by atoms with Gasteiger partial charge in [-0.2, -0.15) is 0 Å². The molecule has 2 aliphatic rings. The highest BCUT2D eigenvalue weighted by molar-refractivity contribution is 6.08. The first-order valence-electron chi connectivity index (χ1n) is 9.32. The van der Waals surface area contributed by atoms with Crippen molar-refractivity contribution in [1.82, 2.24) is 10.2 Å². The number of rotatable bonds is 6. The highest BCUT2D eigenvalue weighted by atomic mass is 16.6. The normalized spacial score (nSPS) is 21.0. The first-order chi connectivity index (χ1) is 14.4. The van der Waals surface area contributed by atoms with Gasteiger partial charge in [-0.25, -0.2) is 4.79 Å². The van der Waals surface area contributed by atoms with Crippen molar-refractivity contribution in [2.75, 3.05) is 19.8 Å². The SMILES string of the molecule is O=C1NC2(CCOc3ccccc32)C(=O)N1CC(O)COc1cccc([N+](=O)[O-])c1. The van der Waals surface area contributed by atoms with Crippen molar-refractivity contribution in [2.24, 2.45) is 0 Å². The maximum Gasteiger partial charge on any atom is 0.325 e. The molecule has 30 heavy (non-hydrogen) atoms. The van der Waals surface area contributed by atoms with Gasteiger partial charge in [0.1, 0.15) is 24.2 Å². The van der Waals surface area contributed by atoms with E-state index in [0.717, 1.165) is 4.90 Å². The Morgan fingerprint density at radius 2 is 2.07 bits per heavy atom. The third-order valence-corrected chi connectivity index (χ3v) is 5.12. The van der Waals surface area contributed by atoms with E-state index in [1.807, 2.05) is 0 Å². The Morgan fingerprint density at radius 1 is 1.27 bits per heavy atom. The molecule has 2 aliphatic heterocycles. The number of benzene rings is 2. The van der Waals surface area contributed by atoms with Crippen molar-refractivity contribution in [3.05, 3.63) is 64.2 Å². The average molecular weight is 413 g/mol. The number of urea groups is 1. The van der Waals surface area contributed by atoms with E-state index in [-0.39, 0.29) is 37.6 Å². The van der Waals surface area contributed by atoms with Gasteiger partial charge in [-0.15, -0.1) is 0 Å². The van der Waals surface area contributed by atoms with Crippen molar-refractivity contribution in [1.29, 1.82) is 0 Å². The number of carbonyl (C=O) groups excluding carboxylic acids is 2. The van der Waals surface area contributed by atoms with Crippen molar-refractivity contribution in [3.63, 3.8) is 0 Å². The molecule has 0 saturated carbocycles. The minimum Gasteiger partial charge on any atom is -0.493 e. The van der Waals surface area contributed by atoms with Crippen LogP contribution < -0.4 is 14.8 Å². The lowest BCUT2D eigenvalue weighted by atomic mass is 9.84. The predicted molar refractivity (Wildman–Crippen MR) is 103 cm³/mol. The summed E-state index contributed by atoms with van der Waals surface area (Å²) in [5.41, 5.74) is -0.775. The molecule has 1 saturated heterocycles. The number of non-ortho nitro benzene ring substituents is 1. The van der Waals surface area contributed by atoms with E-state index in [9.17, 15) is 24.8 Å². The van der Waals surface area contributed by atoms with Gasteiger partial charge >= 0.3 is 6.03 Å². The van der Waals surface area contributed by atoms with Gasteiger partial charge < -0.3 is 19.9 Å². The smallest absolute Gasteiger partial charge is 0.325 e. The highest BCUT2D eigenvalue weighted by Gasteiger charge is 2.55. The number of imide groups is 1. The van der Waals surface area contributed by atoms with E-state index in [2.05, 4.69) is 5.32 Å². The maximum absolute atomic E-state index is 13.1. The van der Waals surface area contributed by atoms with Crippen molar-refractivity contribution >= 4 is 17.6 Å². The molecule has 156 valence electrons. The van der Waals surface area contributed by atoms with Gasteiger partial charge in [-0.3, -0.25) is 19.8 Å². The molecule has 2 heterocycles. The number of hydrogen-bond donors (Lipinski definition) is 2. The third kappa shape index (κ3) is 3.41. The topological polar surface area (TPSA) is 131 Å². The summed E-state index contributed by atoms with van der Waals surface area (Å²) in [6.45, 7) is -0.245. The molecule has 2 atom stereocenters. The number of nitrogens with zero attached hydrogens (tertiary/aromatic N) is 2. The van der Waals surface area contributed by atoms with Crippen LogP contribution in [-0.2, 0) is 10.3 Å². The van der Waals surface area contributed by atoms with Crippen molar-refractivity contribution in [2.45, 2.75) is 18.1 Å². The third-order valence-electron chi connectivity index (χ3n) is 5.12. The van der Waals surface area contributed by atoms with Crippen molar-refractivity contribution in [3.8, 4) is 11.5 Å². The number of nitrogens with one attached hydrogen (secondary N) is 1. The van der Waals surface area contributed by atoms with E-state index >= 15 is 0 Å².